The van der Waals surface area contributed by atoms with Gasteiger partial charge >= 0.3 is 0 Å². The molecule has 5 N–H and O–H groups in total. The topological polar surface area (TPSA) is 93.0 Å². The quantitative estimate of drug-likeness (QED) is 0.467. The molecule has 1 aliphatic rings. The van der Waals surface area contributed by atoms with E-state index in [2.05, 4.69) is 5.32 Å². The van der Waals surface area contributed by atoms with Gasteiger partial charge in [0.15, 0.2) is 0 Å². The van der Waals surface area contributed by atoms with Crippen LogP contribution in [-0.4, -0.2) is 44.8 Å². The Bertz CT molecular complexity index is 418. The maximum absolute atomic E-state index is 9.77. The van der Waals surface area contributed by atoms with Crippen molar-refractivity contribution in [3.05, 3.63) is 42.0 Å². The van der Waals surface area contributed by atoms with Crippen molar-refractivity contribution >= 4 is 0 Å². The second-order valence-corrected chi connectivity index (χ2v) is 4.43. The zero-order valence-electron chi connectivity index (χ0n) is 9.77. The van der Waals surface area contributed by atoms with Gasteiger partial charge in [0, 0.05) is 6.54 Å². The first kappa shape index (κ1) is 13.0. The van der Waals surface area contributed by atoms with E-state index in [9.17, 15) is 15.3 Å². The number of hydrogen-bond donors (Lipinski definition) is 5. The lowest BCUT2D eigenvalue weighted by Gasteiger charge is -2.31. The highest BCUT2D eigenvalue weighted by atomic mass is 16.4. The van der Waals surface area contributed by atoms with Crippen LogP contribution < -0.4 is 5.32 Å². The van der Waals surface area contributed by atoms with E-state index in [1.165, 1.54) is 6.08 Å². The van der Waals surface area contributed by atoms with Gasteiger partial charge in [0.25, 0.3) is 0 Å². The molecular formula is C13H17NO4. The molecule has 18 heavy (non-hydrogen) atoms. The van der Waals surface area contributed by atoms with E-state index >= 15 is 0 Å². The summed E-state index contributed by atoms with van der Waals surface area (Å²) < 4.78 is 0. The molecule has 5 heteroatoms. The van der Waals surface area contributed by atoms with E-state index < -0.39 is 24.4 Å². The van der Waals surface area contributed by atoms with Gasteiger partial charge in [0.1, 0.15) is 24.1 Å². The summed E-state index contributed by atoms with van der Waals surface area (Å²) in [4.78, 5) is 0. The van der Waals surface area contributed by atoms with Crippen molar-refractivity contribution in [2.75, 3.05) is 0 Å². The first-order chi connectivity index (χ1) is 8.58. The summed E-state index contributed by atoms with van der Waals surface area (Å²) in [6.45, 7) is 0.495. The fourth-order valence-corrected chi connectivity index (χ4v) is 1.91. The molecule has 2 rings (SSSR count). The van der Waals surface area contributed by atoms with Gasteiger partial charge in [-0.3, -0.25) is 0 Å². The molecule has 0 fully saturated rings. The van der Waals surface area contributed by atoms with E-state index in [1.807, 2.05) is 0 Å². The summed E-state index contributed by atoms with van der Waals surface area (Å²) in [6.07, 6.45) is -0.130. The summed E-state index contributed by atoms with van der Waals surface area (Å²) in [5.41, 5.74) is 0.953. The Balaban J connectivity index is 1.94. The van der Waals surface area contributed by atoms with Gasteiger partial charge in [0.05, 0.1) is 6.04 Å². The van der Waals surface area contributed by atoms with Crippen molar-refractivity contribution in [3.8, 4) is 5.75 Å². The molecular weight excluding hydrogens is 234 g/mol. The number of aromatic hydroxyl groups is 1. The third kappa shape index (κ3) is 2.88. The van der Waals surface area contributed by atoms with E-state index in [4.69, 9.17) is 5.11 Å². The maximum Gasteiger partial charge on any atom is 0.115 e. The van der Waals surface area contributed by atoms with Crippen molar-refractivity contribution in [1.82, 2.24) is 5.32 Å². The predicted octanol–water partition coefficient (Wildman–Crippen LogP) is -0.497. The SMILES string of the molecule is Oc1ccc(CN[C@H]2C=C[C@H](O)[C@@H](O)[C@@H]2O)cc1. The van der Waals surface area contributed by atoms with Crippen LogP contribution in [0, 0.1) is 0 Å². The summed E-state index contributed by atoms with van der Waals surface area (Å²) in [7, 11) is 0. The average molecular weight is 251 g/mol. The third-order valence-corrected chi connectivity index (χ3v) is 3.06. The van der Waals surface area contributed by atoms with Crippen LogP contribution in [0.25, 0.3) is 0 Å². The number of rotatable bonds is 3. The molecule has 0 saturated heterocycles. The maximum atomic E-state index is 9.77. The minimum Gasteiger partial charge on any atom is -0.508 e. The van der Waals surface area contributed by atoms with Gasteiger partial charge in [-0.15, -0.1) is 0 Å². The number of benzene rings is 1. The lowest BCUT2D eigenvalue weighted by molar-refractivity contribution is -0.0567. The lowest BCUT2D eigenvalue weighted by atomic mass is 9.94. The molecule has 0 aliphatic heterocycles. The number of phenols is 1. The van der Waals surface area contributed by atoms with Crippen molar-refractivity contribution in [2.24, 2.45) is 0 Å². The largest absolute Gasteiger partial charge is 0.508 e. The van der Waals surface area contributed by atoms with Crippen LogP contribution in [0.3, 0.4) is 0 Å². The molecule has 1 aromatic rings. The Morgan fingerprint density at radius 2 is 1.61 bits per heavy atom. The zero-order chi connectivity index (χ0) is 13.1. The first-order valence-electron chi connectivity index (χ1n) is 5.82. The minimum absolute atomic E-state index is 0.204. The Kier molecular flexibility index (Phi) is 3.98. The number of phenolic OH excluding ortho intramolecular Hbond substituents is 1. The van der Waals surface area contributed by atoms with Gasteiger partial charge in [-0.05, 0) is 17.7 Å². The van der Waals surface area contributed by atoms with Crippen LogP contribution >= 0.6 is 0 Å². The molecule has 0 unspecified atom stereocenters. The van der Waals surface area contributed by atoms with Crippen LogP contribution in [0.15, 0.2) is 36.4 Å². The number of aliphatic hydroxyl groups is 3. The van der Waals surface area contributed by atoms with Gasteiger partial charge in [-0.25, -0.2) is 0 Å². The van der Waals surface area contributed by atoms with Crippen molar-refractivity contribution < 1.29 is 20.4 Å². The van der Waals surface area contributed by atoms with Crippen LogP contribution in [0.5, 0.6) is 5.75 Å². The molecule has 1 aliphatic carbocycles. The monoisotopic (exact) mass is 251 g/mol. The van der Waals surface area contributed by atoms with Gasteiger partial charge in [-0.1, -0.05) is 24.3 Å². The first-order valence-corrected chi connectivity index (χ1v) is 5.82. The summed E-state index contributed by atoms with van der Waals surface area (Å²) in [5, 5.41) is 40.8. The standard InChI is InChI=1S/C13H17NO4/c15-9-3-1-8(2-4-9)7-14-10-5-6-11(16)13(18)12(10)17/h1-6,10-18H,7H2/t10-,11-,12+,13+/m0/s1. The Morgan fingerprint density at radius 3 is 2.28 bits per heavy atom. The molecule has 0 aromatic heterocycles. The molecule has 5 nitrogen and oxygen atoms in total. The second kappa shape index (κ2) is 5.49. The summed E-state index contributed by atoms with van der Waals surface area (Å²) >= 11 is 0. The third-order valence-electron chi connectivity index (χ3n) is 3.06. The number of aliphatic hydroxyl groups excluding tert-OH is 3. The van der Waals surface area contributed by atoms with Gasteiger partial charge < -0.3 is 25.7 Å². The van der Waals surface area contributed by atoms with Crippen molar-refractivity contribution in [3.63, 3.8) is 0 Å². The van der Waals surface area contributed by atoms with E-state index in [-0.39, 0.29) is 5.75 Å². The van der Waals surface area contributed by atoms with Crippen LogP contribution in [0.2, 0.25) is 0 Å². The summed E-state index contributed by atoms with van der Waals surface area (Å²) in [5.74, 6) is 0.204. The highest BCUT2D eigenvalue weighted by Gasteiger charge is 2.32. The number of hydrogen-bond acceptors (Lipinski definition) is 5. The highest BCUT2D eigenvalue weighted by molar-refractivity contribution is 5.26. The molecule has 1 aromatic carbocycles. The van der Waals surface area contributed by atoms with Crippen molar-refractivity contribution in [1.29, 1.82) is 0 Å². The fraction of sp³-hybridized carbons (Fsp3) is 0.385. The Morgan fingerprint density at radius 1 is 0.944 bits per heavy atom. The molecule has 0 heterocycles. The molecule has 0 saturated carbocycles. The smallest absolute Gasteiger partial charge is 0.115 e. The molecule has 98 valence electrons. The normalized spacial score (nSPS) is 31.5. The Labute approximate surface area is 105 Å². The molecule has 4 atom stereocenters. The van der Waals surface area contributed by atoms with Crippen LogP contribution in [-0.2, 0) is 6.54 Å². The Hall–Kier alpha value is -1.40. The van der Waals surface area contributed by atoms with Gasteiger partial charge in [0.2, 0.25) is 0 Å². The molecule has 0 bridgehead atoms. The predicted molar refractivity (Wildman–Crippen MR) is 65.9 cm³/mol. The lowest BCUT2D eigenvalue weighted by Crippen LogP contribution is -2.51. The van der Waals surface area contributed by atoms with E-state index in [0.29, 0.717) is 6.54 Å². The zero-order valence-corrected chi connectivity index (χ0v) is 9.77. The van der Waals surface area contributed by atoms with E-state index in [0.717, 1.165) is 5.56 Å². The van der Waals surface area contributed by atoms with E-state index in [1.54, 1.807) is 30.3 Å². The molecule has 0 spiro atoms. The van der Waals surface area contributed by atoms with Crippen molar-refractivity contribution in [2.45, 2.75) is 30.9 Å². The second-order valence-electron chi connectivity index (χ2n) is 4.43. The minimum atomic E-state index is -1.17. The molecule has 0 radical (unpaired) electrons. The fourth-order valence-electron chi connectivity index (χ4n) is 1.91. The van der Waals surface area contributed by atoms with Gasteiger partial charge in [-0.2, -0.15) is 0 Å². The van der Waals surface area contributed by atoms with Crippen LogP contribution in [0.4, 0.5) is 0 Å². The molecule has 0 amide bonds. The average Bonchev–Trinajstić information content (AvgIpc) is 2.37. The number of nitrogens with one attached hydrogen (secondary N) is 1. The summed E-state index contributed by atoms with van der Waals surface area (Å²) in [6, 6.07) is 6.31. The van der Waals surface area contributed by atoms with Crippen LogP contribution in [0.1, 0.15) is 5.56 Å². The highest BCUT2D eigenvalue weighted by Crippen LogP contribution is 2.15.